The van der Waals surface area contributed by atoms with Gasteiger partial charge in [0.25, 0.3) is 0 Å². The van der Waals surface area contributed by atoms with Gasteiger partial charge < -0.3 is 11.1 Å². The average Bonchev–Trinajstić information content (AvgIpc) is 2.35. The molecule has 0 radical (unpaired) electrons. The van der Waals surface area contributed by atoms with Gasteiger partial charge in [-0.15, -0.1) is 0 Å². The molecule has 0 amide bonds. The molecule has 0 bridgehead atoms. The summed E-state index contributed by atoms with van der Waals surface area (Å²) in [6, 6.07) is 10.1. The Morgan fingerprint density at radius 2 is 1.89 bits per heavy atom. The van der Waals surface area contributed by atoms with E-state index >= 15 is 0 Å². The van der Waals surface area contributed by atoms with Crippen LogP contribution in [0.3, 0.4) is 0 Å². The summed E-state index contributed by atoms with van der Waals surface area (Å²) < 4.78 is 0. The van der Waals surface area contributed by atoms with Gasteiger partial charge in [-0.2, -0.15) is 0 Å². The van der Waals surface area contributed by atoms with Gasteiger partial charge in [-0.05, 0) is 24.5 Å². The maximum atomic E-state index is 5.69. The van der Waals surface area contributed by atoms with Crippen LogP contribution < -0.4 is 11.1 Å². The smallest absolute Gasteiger partial charge is 0.132 e. The van der Waals surface area contributed by atoms with Gasteiger partial charge in [0, 0.05) is 12.6 Å². The minimum absolute atomic E-state index is 0.494. The molecule has 4 heteroatoms. The van der Waals surface area contributed by atoms with E-state index in [0.717, 1.165) is 18.8 Å². The first-order valence-corrected chi connectivity index (χ1v) is 6.11. The molecule has 2 rings (SSSR count). The Morgan fingerprint density at radius 1 is 1.17 bits per heavy atom. The predicted molar refractivity (Wildman–Crippen MR) is 74.3 cm³/mol. The highest BCUT2D eigenvalue weighted by Gasteiger charge is 2.02. The van der Waals surface area contributed by atoms with Crippen molar-refractivity contribution in [2.24, 2.45) is 0 Å². The fourth-order valence-electron chi connectivity index (χ4n) is 1.94. The van der Waals surface area contributed by atoms with Crippen molar-refractivity contribution in [3.05, 3.63) is 47.3 Å². The number of nitrogens with two attached hydrogens (primary N) is 1. The summed E-state index contributed by atoms with van der Waals surface area (Å²) in [6.45, 7) is 4.74. The van der Waals surface area contributed by atoms with Crippen LogP contribution >= 0.6 is 0 Å². The minimum atomic E-state index is 0.494. The molecule has 0 spiro atoms. The van der Waals surface area contributed by atoms with Crippen molar-refractivity contribution in [2.45, 2.75) is 26.8 Å². The van der Waals surface area contributed by atoms with Crippen LogP contribution in [-0.4, -0.2) is 9.97 Å². The quantitative estimate of drug-likeness (QED) is 0.864. The van der Waals surface area contributed by atoms with Gasteiger partial charge in [-0.3, -0.25) is 0 Å². The van der Waals surface area contributed by atoms with Crippen LogP contribution in [0.15, 0.2) is 30.3 Å². The van der Waals surface area contributed by atoms with Crippen LogP contribution in [0.2, 0.25) is 0 Å². The van der Waals surface area contributed by atoms with Crippen LogP contribution in [0.1, 0.15) is 23.9 Å². The molecule has 0 aliphatic carbocycles. The van der Waals surface area contributed by atoms with Crippen molar-refractivity contribution < 1.29 is 0 Å². The number of nitrogens with one attached hydrogen (secondary N) is 1. The van der Waals surface area contributed by atoms with Gasteiger partial charge in [0.05, 0.1) is 0 Å². The molecule has 94 valence electrons. The summed E-state index contributed by atoms with van der Waals surface area (Å²) in [6.07, 6.45) is 1.03. The minimum Gasteiger partial charge on any atom is -0.384 e. The molecule has 0 aliphatic rings. The molecule has 1 aromatic heterocycles. The molecule has 1 heterocycles. The average molecular weight is 242 g/mol. The Balaban J connectivity index is 2.11. The Hall–Kier alpha value is -2.10. The molecule has 18 heavy (non-hydrogen) atoms. The number of nitrogens with zero attached hydrogens (tertiary/aromatic N) is 2. The fourth-order valence-corrected chi connectivity index (χ4v) is 1.94. The standard InChI is InChI=1S/C14H18N4/c1-3-11-6-4-5-7-12(11)9-16-14-8-13(15)17-10(2)18-14/h4-8H,3,9H2,1-2H3,(H3,15,16,17,18). The second kappa shape index (κ2) is 5.49. The second-order valence-corrected chi connectivity index (χ2v) is 4.20. The molecule has 0 saturated carbocycles. The van der Waals surface area contributed by atoms with Gasteiger partial charge in [-0.1, -0.05) is 31.2 Å². The van der Waals surface area contributed by atoms with E-state index in [0.29, 0.717) is 11.6 Å². The SMILES string of the molecule is CCc1ccccc1CNc1cc(N)nc(C)n1. The molecular formula is C14H18N4. The normalized spacial score (nSPS) is 10.3. The number of anilines is 2. The van der Waals surface area contributed by atoms with Gasteiger partial charge in [-0.25, -0.2) is 9.97 Å². The van der Waals surface area contributed by atoms with E-state index in [1.54, 1.807) is 6.07 Å². The Kier molecular flexibility index (Phi) is 3.77. The molecule has 0 fully saturated rings. The number of aromatic nitrogens is 2. The topological polar surface area (TPSA) is 63.8 Å². The summed E-state index contributed by atoms with van der Waals surface area (Å²) >= 11 is 0. The summed E-state index contributed by atoms with van der Waals surface area (Å²) in [5, 5.41) is 3.29. The van der Waals surface area contributed by atoms with E-state index in [1.165, 1.54) is 11.1 Å². The monoisotopic (exact) mass is 242 g/mol. The van der Waals surface area contributed by atoms with Crippen molar-refractivity contribution >= 4 is 11.6 Å². The van der Waals surface area contributed by atoms with Crippen molar-refractivity contribution in [3.63, 3.8) is 0 Å². The zero-order valence-corrected chi connectivity index (χ0v) is 10.8. The van der Waals surface area contributed by atoms with Crippen molar-refractivity contribution in [1.82, 2.24) is 9.97 Å². The third-order valence-electron chi connectivity index (χ3n) is 2.82. The molecule has 0 atom stereocenters. The maximum absolute atomic E-state index is 5.69. The van der Waals surface area contributed by atoms with Gasteiger partial charge in [0.2, 0.25) is 0 Å². The molecule has 0 aliphatic heterocycles. The lowest BCUT2D eigenvalue weighted by Gasteiger charge is -2.10. The number of rotatable bonds is 4. The number of hydrogen-bond donors (Lipinski definition) is 2. The largest absolute Gasteiger partial charge is 0.384 e. The maximum Gasteiger partial charge on any atom is 0.132 e. The zero-order chi connectivity index (χ0) is 13.0. The van der Waals surface area contributed by atoms with Crippen molar-refractivity contribution in [2.75, 3.05) is 11.1 Å². The van der Waals surface area contributed by atoms with E-state index in [1.807, 2.05) is 6.92 Å². The highest BCUT2D eigenvalue weighted by Crippen LogP contribution is 2.13. The first-order chi connectivity index (χ1) is 8.69. The molecular weight excluding hydrogens is 224 g/mol. The van der Waals surface area contributed by atoms with Gasteiger partial charge >= 0.3 is 0 Å². The Morgan fingerprint density at radius 3 is 2.56 bits per heavy atom. The second-order valence-electron chi connectivity index (χ2n) is 4.20. The molecule has 0 saturated heterocycles. The lowest BCUT2D eigenvalue weighted by molar-refractivity contribution is 1.00. The molecule has 3 N–H and O–H groups in total. The summed E-state index contributed by atoms with van der Waals surface area (Å²) in [7, 11) is 0. The lowest BCUT2D eigenvalue weighted by atomic mass is 10.1. The Bertz CT molecular complexity index is 517. The van der Waals surface area contributed by atoms with Crippen molar-refractivity contribution in [1.29, 1.82) is 0 Å². The molecule has 0 unspecified atom stereocenters. The van der Waals surface area contributed by atoms with Crippen LogP contribution in [0, 0.1) is 6.92 Å². The summed E-state index contributed by atoms with van der Waals surface area (Å²) in [4.78, 5) is 8.35. The predicted octanol–water partition coefficient (Wildman–Crippen LogP) is 2.54. The number of hydrogen-bond acceptors (Lipinski definition) is 4. The van der Waals surface area contributed by atoms with E-state index in [-0.39, 0.29) is 0 Å². The fraction of sp³-hybridized carbons (Fsp3) is 0.286. The summed E-state index contributed by atoms with van der Waals surface area (Å²) in [5.41, 5.74) is 8.33. The number of aryl methyl sites for hydroxylation is 2. The third-order valence-corrected chi connectivity index (χ3v) is 2.82. The third kappa shape index (κ3) is 2.97. The highest BCUT2D eigenvalue weighted by atomic mass is 15.0. The number of benzene rings is 1. The van der Waals surface area contributed by atoms with E-state index < -0.39 is 0 Å². The van der Waals surface area contributed by atoms with Crippen LogP contribution in [0.4, 0.5) is 11.6 Å². The summed E-state index contributed by atoms with van der Waals surface area (Å²) in [5.74, 6) is 1.95. The Labute approximate surface area is 107 Å². The van der Waals surface area contributed by atoms with Crippen molar-refractivity contribution in [3.8, 4) is 0 Å². The van der Waals surface area contributed by atoms with E-state index in [9.17, 15) is 0 Å². The molecule has 1 aromatic carbocycles. The highest BCUT2D eigenvalue weighted by molar-refractivity contribution is 5.45. The molecule has 2 aromatic rings. The zero-order valence-electron chi connectivity index (χ0n) is 10.8. The van der Waals surface area contributed by atoms with Crippen LogP contribution in [0.5, 0.6) is 0 Å². The number of nitrogen functional groups attached to an aromatic ring is 1. The lowest BCUT2D eigenvalue weighted by Crippen LogP contribution is -2.06. The van der Waals surface area contributed by atoms with Gasteiger partial charge in [0.1, 0.15) is 17.5 Å². The van der Waals surface area contributed by atoms with E-state index in [4.69, 9.17) is 5.73 Å². The van der Waals surface area contributed by atoms with Crippen LogP contribution in [0.25, 0.3) is 0 Å². The van der Waals surface area contributed by atoms with Gasteiger partial charge in [0.15, 0.2) is 0 Å². The van der Waals surface area contributed by atoms with Crippen LogP contribution in [-0.2, 0) is 13.0 Å². The first kappa shape index (κ1) is 12.4. The molecule has 4 nitrogen and oxygen atoms in total. The first-order valence-electron chi connectivity index (χ1n) is 6.11. The van der Waals surface area contributed by atoms with E-state index in [2.05, 4.69) is 46.5 Å².